The van der Waals surface area contributed by atoms with Crippen molar-refractivity contribution in [1.82, 2.24) is 4.98 Å². The maximum absolute atomic E-state index is 11.9. The summed E-state index contributed by atoms with van der Waals surface area (Å²) < 4.78 is 0. The first-order chi connectivity index (χ1) is 11.2. The van der Waals surface area contributed by atoms with Crippen LogP contribution in [0, 0.1) is 0 Å². The van der Waals surface area contributed by atoms with Gasteiger partial charge >= 0.3 is 0 Å². The van der Waals surface area contributed by atoms with Gasteiger partial charge in [-0.3, -0.25) is 9.78 Å². The number of carbonyl (C=O) groups is 1. The molecule has 2 rings (SSSR count). The van der Waals surface area contributed by atoms with Gasteiger partial charge in [0.05, 0.1) is 0 Å². The molecule has 2 aromatic rings. The molecule has 0 fully saturated rings. The summed E-state index contributed by atoms with van der Waals surface area (Å²) in [5.41, 5.74) is 9.25. The van der Waals surface area contributed by atoms with Gasteiger partial charge in [0.2, 0.25) is 0 Å². The van der Waals surface area contributed by atoms with Gasteiger partial charge in [-0.15, -0.1) is 0 Å². The predicted octanol–water partition coefficient (Wildman–Crippen LogP) is 4.92. The average molecular weight is 310 g/mol. The van der Waals surface area contributed by atoms with Crippen molar-refractivity contribution in [2.24, 2.45) is 5.73 Å². The van der Waals surface area contributed by atoms with E-state index in [4.69, 9.17) is 5.73 Å². The molecule has 122 valence electrons. The van der Waals surface area contributed by atoms with Crippen LogP contribution in [0.25, 0.3) is 11.1 Å². The number of nitrogens with zero attached hydrogens (tertiary/aromatic N) is 1. The number of aromatic nitrogens is 1. The second-order valence-electron chi connectivity index (χ2n) is 5.95. The number of hydrogen-bond donors (Lipinski definition) is 1. The van der Waals surface area contributed by atoms with Crippen LogP contribution in [-0.4, -0.2) is 10.9 Å². The average Bonchev–Trinajstić information content (AvgIpc) is 2.59. The molecule has 1 atom stereocenters. The van der Waals surface area contributed by atoms with Gasteiger partial charge in [-0.1, -0.05) is 63.4 Å². The van der Waals surface area contributed by atoms with Crippen molar-refractivity contribution in [2.75, 3.05) is 0 Å². The van der Waals surface area contributed by atoms with E-state index >= 15 is 0 Å². The van der Waals surface area contributed by atoms with Crippen LogP contribution >= 0.6 is 0 Å². The second-order valence-corrected chi connectivity index (χ2v) is 5.95. The summed E-state index contributed by atoms with van der Waals surface area (Å²) in [6.07, 6.45) is 7.30. The molecule has 1 unspecified atom stereocenters. The predicted molar refractivity (Wildman–Crippen MR) is 95.4 cm³/mol. The smallest absolute Gasteiger partial charge is 0.267 e. The van der Waals surface area contributed by atoms with Gasteiger partial charge in [0.25, 0.3) is 5.91 Å². The number of rotatable bonds is 8. The fourth-order valence-corrected chi connectivity index (χ4v) is 3.15. The summed E-state index contributed by atoms with van der Waals surface area (Å²) in [5, 5.41) is 0. The summed E-state index contributed by atoms with van der Waals surface area (Å²) in [6, 6.07) is 12.2. The normalized spacial score (nSPS) is 12.1. The number of amides is 1. The second kappa shape index (κ2) is 8.47. The van der Waals surface area contributed by atoms with Crippen LogP contribution in [0.1, 0.15) is 67.9 Å². The van der Waals surface area contributed by atoms with Crippen molar-refractivity contribution in [3.63, 3.8) is 0 Å². The molecule has 3 heteroatoms. The Morgan fingerprint density at radius 3 is 2.48 bits per heavy atom. The summed E-state index contributed by atoms with van der Waals surface area (Å²) in [6.45, 7) is 4.37. The molecule has 0 radical (unpaired) electrons. The molecule has 0 aliphatic heterocycles. The van der Waals surface area contributed by atoms with Crippen molar-refractivity contribution in [2.45, 2.75) is 51.9 Å². The van der Waals surface area contributed by atoms with Gasteiger partial charge in [-0.05, 0) is 41.5 Å². The molecule has 1 amide bonds. The fourth-order valence-electron chi connectivity index (χ4n) is 3.15. The van der Waals surface area contributed by atoms with Crippen LogP contribution in [0.5, 0.6) is 0 Å². The summed E-state index contributed by atoms with van der Waals surface area (Å²) >= 11 is 0. The van der Waals surface area contributed by atoms with Gasteiger partial charge in [0, 0.05) is 6.20 Å². The molecule has 3 nitrogen and oxygen atoms in total. The molecule has 1 aromatic carbocycles. The number of unbranched alkanes of at least 4 members (excludes halogenated alkanes) is 2. The maximum atomic E-state index is 11.9. The van der Waals surface area contributed by atoms with E-state index in [0.29, 0.717) is 11.6 Å². The Hall–Kier alpha value is -2.16. The Bertz CT molecular complexity index is 637. The Kier molecular flexibility index (Phi) is 6.33. The van der Waals surface area contributed by atoms with E-state index in [9.17, 15) is 4.79 Å². The number of carbonyl (C=O) groups excluding carboxylic acids is 1. The lowest BCUT2D eigenvalue weighted by atomic mass is 9.84. The molecular formula is C20H26N2O. The number of hydrogen-bond acceptors (Lipinski definition) is 2. The topological polar surface area (TPSA) is 56.0 Å². The lowest BCUT2D eigenvalue weighted by molar-refractivity contribution is 0.0994. The van der Waals surface area contributed by atoms with Crippen LogP contribution < -0.4 is 5.73 Å². The molecule has 0 saturated heterocycles. The van der Waals surface area contributed by atoms with Crippen molar-refractivity contribution >= 4 is 5.91 Å². The molecule has 1 heterocycles. The lowest BCUT2D eigenvalue weighted by Gasteiger charge is -2.21. The Morgan fingerprint density at radius 1 is 1.13 bits per heavy atom. The number of pyridine rings is 1. The zero-order valence-corrected chi connectivity index (χ0v) is 14.1. The van der Waals surface area contributed by atoms with Crippen LogP contribution in [0.2, 0.25) is 0 Å². The molecule has 0 aliphatic carbocycles. The molecule has 23 heavy (non-hydrogen) atoms. The third-order valence-corrected chi connectivity index (χ3v) is 4.37. The van der Waals surface area contributed by atoms with Gasteiger partial charge in [0.15, 0.2) is 0 Å². The number of primary amides is 1. The number of benzene rings is 1. The summed E-state index contributed by atoms with van der Waals surface area (Å²) in [5.74, 6) is -0.125. The molecule has 0 bridgehead atoms. The van der Waals surface area contributed by atoms with E-state index in [1.54, 1.807) is 6.20 Å². The number of nitrogens with two attached hydrogens (primary N) is 1. The molecule has 1 aromatic heterocycles. The van der Waals surface area contributed by atoms with Crippen molar-refractivity contribution in [3.05, 3.63) is 53.9 Å². The molecular weight excluding hydrogens is 284 g/mol. The molecule has 0 aliphatic rings. The Balaban J connectivity index is 2.50. The minimum Gasteiger partial charge on any atom is -0.364 e. The minimum absolute atomic E-state index is 0.313. The van der Waals surface area contributed by atoms with Crippen LogP contribution in [0.4, 0.5) is 0 Å². The van der Waals surface area contributed by atoms with E-state index in [-0.39, 0.29) is 0 Å². The summed E-state index contributed by atoms with van der Waals surface area (Å²) in [4.78, 5) is 16.2. The van der Waals surface area contributed by atoms with Crippen molar-refractivity contribution in [3.8, 4) is 11.1 Å². The van der Waals surface area contributed by atoms with E-state index in [2.05, 4.69) is 31.0 Å². The SMILES string of the molecule is CCCCCC(CC)c1c(-c2ccccc2)ccnc1C(N)=O. The zero-order valence-electron chi connectivity index (χ0n) is 14.1. The van der Waals surface area contributed by atoms with Crippen LogP contribution in [0.15, 0.2) is 42.6 Å². The van der Waals surface area contributed by atoms with Gasteiger partial charge in [-0.2, -0.15) is 0 Å². The van der Waals surface area contributed by atoms with E-state index in [0.717, 1.165) is 36.0 Å². The lowest BCUT2D eigenvalue weighted by Crippen LogP contribution is -2.18. The van der Waals surface area contributed by atoms with E-state index < -0.39 is 5.91 Å². The van der Waals surface area contributed by atoms with Gasteiger partial charge in [0.1, 0.15) is 5.69 Å². The van der Waals surface area contributed by atoms with E-state index in [1.807, 2.05) is 24.3 Å². The zero-order chi connectivity index (χ0) is 16.7. The fraction of sp³-hybridized carbons (Fsp3) is 0.400. The third-order valence-electron chi connectivity index (χ3n) is 4.37. The highest BCUT2D eigenvalue weighted by Gasteiger charge is 2.22. The highest BCUT2D eigenvalue weighted by Crippen LogP contribution is 2.35. The summed E-state index contributed by atoms with van der Waals surface area (Å²) in [7, 11) is 0. The van der Waals surface area contributed by atoms with Gasteiger partial charge < -0.3 is 5.73 Å². The van der Waals surface area contributed by atoms with Crippen LogP contribution in [-0.2, 0) is 0 Å². The highest BCUT2D eigenvalue weighted by molar-refractivity contribution is 5.94. The third kappa shape index (κ3) is 4.19. The first-order valence-corrected chi connectivity index (χ1v) is 8.53. The standard InChI is InChI=1S/C20H26N2O/c1-3-5-7-10-15(4-2)18-17(16-11-8-6-9-12-16)13-14-22-19(18)20(21)23/h6,8-9,11-15H,3-5,7,10H2,1-2H3,(H2,21,23). The molecule has 0 spiro atoms. The van der Waals surface area contributed by atoms with Crippen molar-refractivity contribution in [1.29, 1.82) is 0 Å². The van der Waals surface area contributed by atoms with Crippen molar-refractivity contribution < 1.29 is 4.79 Å². The first-order valence-electron chi connectivity index (χ1n) is 8.53. The highest BCUT2D eigenvalue weighted by atomic mass is 16.1. The minimum atomic E-state index is -0.438. The first kappa shape index (κ1) is 17.2. The monoisotopic (exact) mass is 310 g/mol. The van der Waals surface area contributed by atoms with Crippen LogP contribution in [0.3, 0.4) is 0 Å². The van der Waals surface area contributed by atoms with Gasteiger partial charge in [-0.25, -0.2) is 0 Å². The Morgan fingerprint density at radius 2 is 1.87 bits per heavy atom. The Labute approximate surface area is 138 Å². The quantitative estimate of drug-likeness (QED) is 0.703. The maximum Gasteiger partial charge on any atom is 0.267 e. The largest absolute Gasteiger partial charge is 0.364 e. The molecule has 0 saturated carbocycles. The van der Waals surface area contributed by atoms with E-state index in [1.165, 1.54) is 12.8 Å². The molecule has 2 N–H and O–H groups in total.